The van der Waals surface area contributed by atoms with Gasteiger partial charge in [-0.1, -0.05) is 0 Å². The molecule has 0 fully saturated rings. The lowest BCUT2D eigenvalue weighted by Gasteiger charge is -2.18. The van der Waals surface area contributed by atoms with Gasteiger partial charge < -0.3 is 4.85 Å². The Bertz CT molecular complexity index is 285. The number of hydrogen-bond acceptors (Lipinski definition) is 1. The minimum Gasteiger partial charge on any atom is -0.397 e. The molecule has 1 aromatic rings. The number of aromatic nitrogens is 2. The van der Waals surface area contributed by atoms with Crippen molar-refractivity contribution in [1.29, 1.82) is 0 Å². The molecular formula is C8H11N3. The number of hydrogen-bond donors (Lipinski definition) is 0. The fourth-order valence-electron chi connectivity index (χ4n) is 0.902. The van der Waals surface area contributed by atoms with Gasteiger partial charge in [-0.25, -0.2) is 0 Å². The predicted molar refractivity (Wildman–Crippen MR) is 43.5 cm³/mol. The lowest BCUT2D eigenvalue weighted by atomic mass is 10.1. The molecule has 1 aromatic heterocycles. The summed E-state index contributed by atoms with van der Waals surface area (Å²) >= 11 is 0. The van der Waals surface area contributed by atoms with Gasteiger partial charge >= 0.3 is 5.95 Å². The minimum absolute atomic E-state index is 0.0453. The maximum absolute atomic E-state index is 6.82. The van der Waals surface area contributed by atoms with E-state index < -0.39 is 0 Å². The van der Waals surface area contributed by atoms with Gasteiger partial charge in [0.1, 0.15) is 6.20 Å². The van der Waals surface area contributed by atoms with E-state index in [0.29, 0.717) is 5.95 Å². The van der Waals surface area contributed by atoms with E-state index in [-0.39, 0.29) is 5.54 Å². The quantitative estimate of drug-likeness (QED) is 0.518. The Morgan fingerprint density at radius 2 is 2.18 bits per heavy atom. The summed E-state index contributed by atoms with van der Waals surface area (Å²) in [4.78, 5) is 7.21. The topological polar surface area (TPSA) is 22.2 Å². The van der Waals surface area contributed by atoms with Crippen LogP contribution in [0.2, 0.25) is 0 Å². The van der Waals surface area contributed by atoms with E-state index in [0.717, 1.165) is 0 Å². The highest BCUT2D eigenvalue weighted by Gasteiger charge is 2.18. The summed E-state index contributed by atoms with van der Waals surface area (Å²) in [6.45, 7) is 13.0. The Morgan fingerprint density at radius 3 is 2.55 bits per heavy atom. The zero-order chi connectivity index (χ0) is 8.48. The summed E-state index contributed by atoms with van der Waals surface area (Å²) in [5.41, 5.74) is -0.0453. The smallest absolute Gasteiger partial charge is 0.338 e. The summed E-state index contributed by atoms with van der Waals surface area (Å²) in [5, 5.41) is 0. The summed E-state index contributed by atoms with van der Waals surface area (Å²) in [6.07, 6.45) is 3.48. The van der Waals surface area contributed by atoms with Crippen LogP contribution in [0.1, 0.15) is 20.8 Å². The van der Waals surface area contributed by atoms with Crippen molar-refractivity contribution in [2.45, 2.75) is 26.3 Å². The van der Waals surface area contributed by atoms with Gasteiger partial charge in [-0.2, -0.15) is 4.98 Å². The van der Waals surface area contributed by atoms with Crippen LogP contribution in [-0.4, -0.2) is 9.55 Å². The van der Waals surface area contributed by atoms with Crippen LogP contribution in [0.3, 0.4) is 0 Å². The van der Waals surface area contributed by atoms with Crippen molar-refractivity contribution in [3.63, 3.8) is 0 Å². The molecule has 0 saturated carbocycles. The molecule has 3 nitrogen and oxygen atoms in total. The Kier molecular flexibility index (Phi) is 1.69. The van der Waals surface area contributed by atoms with Crippen molar-refractivity contribution in [3.05, 3.63) is 23.8 Å². The molecule has 11 heavy (non-hydrogen) atoms. The van der Waals surface area contributed by atoms with E-state index in [9.17, 15) is 0 Å². The molecule has 0 aliphatic heterocycles. The lowest BCUT2D eigenvalue weighted by molar-refractivity contribution is 0.404. The van der Waals surface area contributed by atoms with Crippen molar-refractivity contribution in [2.24, 2.45) is 0 Å². The molecule has 0 aliphatic carbocycles. The summed E-state index contributed by atoms with van der Waals surface area (Å²) in [7, 11) is 0. The average molecular weight is 149 g/mol. The Morgan fingerprint density at radius 1 is 1.55 bits per heavy atom. The van der Waals surface area contributed by atoms with Crippen LogP contribution < -0.4 is 0 Å². The SMILES string of the molecule is [C-]#[N+]c1nccn1C(C)(C)C. The van der Waals surface area contributed by atoms with Crippen LogP contribution in [0.4, 0.5) is 5.95 Å². The lowest BCUT2D eigenvalue weighted by Crippen LogP contribution is -2.19. The zero-order valence-corrected chi connectivity index (χ0v) is 7.00. The van der Waals surface area contributed by atoms with Gasteiger partial charge in [0, 0.05) is 0 Å². The first kappa shape index (κ1) is 7.80. The van der Waals surface area contributed by atoms with Gasteiger partial charge in [-0.15, -0.1) is 6.57 Å². The predicted octanol–water partition coefficient (Wildman–Crippen LogP) is 2.19. The maximum Gasteiger partial charge on any atom is 0.338 e. The first-order chi connectivity index (χ1) is 5.05. The molecule has 1 rings (SSSR count). The van der Waals surface area contributed by atoms with E-state index in [1.807, 2.05) is 31.5 Å². The monoisotopic (exact) mass is 149 g/mol. The molecule has 0 atom stereocenters. The summed E-state index contributed by atoms with van der Waals surface area (Å²) in [5.74, 6) is 0.456. The third kappa shape index (κ3) is 1.40. The molecule has 0 bridgehead atoms. The molecule has 0 radical (unpaired) electrons. The molecule has 58 valence electrons. The van der Waals surface area contributed by atoms with E-state index in [4.69, 9.17) is 6.57 Å². The fraction of sp³-hybridized carbons (Fsp3) is 0.500. The van der Waals surface area contributed by atoms with E-state index >= 15 is 0 Å². The van der Waals surface area contributed by atoms with E-state index in [1.165, 1.54) is 0 Å². The van der Waals surface area contributed by atoms with Gasteiger partial charge in [0.05, 0.1) is 11.7 Å². The van der Waals surface area contributed by atoms with Crippen LogP contribution >= 0.6 is 0 Å². The second kappa shape index (κ2) is 2.39. The van der Waals surface area contributed by atoms with Crippen molar-refractivity contribution in [3.8, 4) is 0 Å². The summed E-state index contributed by atoms with van der Waals surface area (Å²) < 4.78 is 1.86. The van der Waals surface area contributed by atoms with E-state index in [2.05, 4.69) is 9.83 Å². The van der Waals surface area contributed by atoms with Gasteiger partial charge in [-0.3, -0.25) is 4.57 Å². The highest BCUT2D eigenvalue weighted by Crippen LogP contribution is 2.20. The van der Waals surface area contributed by atoms with Gasteiger partial charge in [0.15, 0.2) is 0 Å². The van der Waals surface area contributed by atoms with Gasteiger partial charge in [0.25, 0.3) is 0 Å². The van der Waals surface area contributed by atoms with Crippen LogP contribution in [-0.2, 0) is 5.54 Å². The second-order valence-corrected chi connectivity index (χ2v) is 3.38. The Labute approximate surface area is 66.5 Å². The standard InChI is InChI=1S/C8H11N3/c1-8(2,3)11-6-5-10-7(11)9-4/h5-6H,1-3H3. The second-order valence-electron chi connectivity index (χ2n) is 3.38. The van der Waals surface area contributed by atoms with Crippen molar-refractivity contribution < 1.29 is 0 Å². The molecule has 0 aromatic carbocycles. The van der Waals surface area contributed by atoms with Crippen molar-refractivity contribution in [1.82, 2.24) is 9.55 Å². The average Bonchev–Trinajstić information content (AvgIpc) is 2.31. The first-order valence-corrected chi connectivity index (χ1v) is 3.47. The minimum atomic E-state index is -0.0453. The number of rotatable bonds is 0. The molecule has 0 spiro atoms. The molecule has 0 aliphatic rings. The maximum atomic E-state index is 6.82. The van der Waals surface area contributed by atoms with Crippen LogP contribution in [0, 0.1) is 6.57 Å². The number of imidazole rings is 1. The van der Waals surface area contributed by atoms with Crippen LogP contribution in [0.5, 0.6) is 0 Å². The van der Waals surface area contributed by atoms with Crippen molar-refractivity contribution >= 4 is 5.95 Å². The fourth-order valence-corrected chi connectivity index (χ4v) is 0.902. The molecule has 0 unspecified atom stereocenters. The van der Waals surface area contributed by atoms with Gasteiger partial charge in [-0.05, 0) is 20.8 Å². The highest BCUT2D eigenvalue weighted by molar-refractivity contribution is 5.27. The molecule has 0 N–H and O–H groups in total. The van der Waals surface area contributed by atoms with Crippen molar-refractivity contribution in [2.75, 3.05) is 0 Å². The molecule has 0 saturated heterocycles. The third-order valence-electron chi connectivity index (χ3n) is 1.44. The van der Waals surface area contributed by atoms with Crippen LogP contribution in [0.25, 0.3) is 4.85 Å². The molecule has 0 amide bonds. The Hall–Kier alpha value is -1.30. The zero-order valence-electron chi connectivity index (χ0n) is 7.00. The Balaban J connectivity index is 3.15. The number of nitrogens with zero attached hydrogens (tertiary/aromatic N) is 3. The third-order valence-corrected chi connectivity index (χ3v) is 1.44. The molecule has 1 heterocycles. The molecule has 3 heteroatoms. The van der Waals surface area contributed by atoms with Gasteiger partial charge in [0.2, 0.25) is 0 Å². The normalized spacial score (nSPS) is 11.1. The molecular weight excluding hydrogens is 138 g/mol. The van der Waals surface area contributed by atoms with Crippen LogP contribution in [0.15, 0.2) is 12.4 Å². The van der Waals surface area contributed by atoms with E-state index in [1.54, 1.807) is 6.20 Å². The first-order valence-electron chi connectivity index (χ1n) is 3.47. The largest absolute Gasteiger partial charge is 0.397 e. The highest BCUT2D eigenvalue weighted by atomic mass is 15.2. The summed E-state index contributed by atoms with van der Waals surface area (Å²) in [6, 6.07) is 0.